The first-order chi connectivity index (χ1) is 19.2. The van der Waals surface area contributed by atoms with Crippen LogP contribution in [-0.2, 0) is 32.0 Å². The SMILES string of the molecule is C=CCCC(NC(=O)[C@@H]1CCCN1C(=O)[C@@H](NC(=O)NC(C)C)C1Cc2ccccc2C1)C(=O)C(=O)NCC=C. The highest BCUT2D eigenvalue weighted by molar-refractivity contribution is 6.38. The molecule has 10 nitrogen and oxygen atoms in total. The van der Waals surface area contributed by atoms with E-state index in [2.05, 4.69) is 34.4 Å². The maximum atomic E-state index is 14.0. The van der Waals surface area contributed by atoms with E-state index in [1.807, 2.05) is 38.1 Å². The number of urea groups is 1. The molecule has 4 N–H and O–H groups in total. The largest absolute Gasteiger partial charge is 0.346 e. The first-order valence-electron chi connectivity index (χ1n) is 13.9. The van der Waals surface area contributed by atoms with Gasteiger partial charge < -0.3 is 26.2 Å². The molecule has 2 aliphatic rings. The van der Waals surface area contributed by atoms with Crippen molar-refractivity contribution < 1.29 is 24.0 Å². The molecule has 1 fully saturated rings. The number of rotatable bonds is 13. The van der Waals surface area contributed by atoms with Crippen LogP contribution in [0.2, 0.25) is 0 Å². The van der Waals surface area contributed by atoms with E-state index in [4.69, 9.17) is 0 Å². The van der Waals surface area contributed by atoms with Crippen LogP contribution in [0.1, 0.15) is 50.7 Å². The second kappa shape index (κ2) is 14.4. The zero-order valence-corrected chi connectivity index (χ0v) is 23.4. The van der Waals surface area contributed by atoms with Gasteiger partial charge in [0, 0.05) is 19.1 Å². The molecule has 1 heterocycles. The Balaban J connectivity index is 1.77. The Hall–Kier alpha value is -3.95. The molecule has 1 aromatic rings. The predicted molar refractivity (Wildman–Crippen MR) is 152 cm³/mol. The van der Waals surface area contributed by atoms with Crippen molar-refractivity contribution in [3.8, 4) is 0 Å². The van der Waals surface area contributed by atoms with Crippen LogP contribution in [0.25, 0.3) is 0 Å². The van der Waals surface area contributed by atoms with Crippen LogP contribution < -0.4 is 21.3 Å². The number of amides is 5. The van der Waals surface area contributed by atoms with Gasteiger partial charge in [-0.15, -0.1) is 13.2 Å². The molecular weight excluding hydrogens is 510 g/mol. The molecule has 0 aromatic heterocycles. The van der Waals surface area contributed by atoms with Crippen molar-refractivity contribution >= 4 is 29.5 Å². The summed E-state index contributed by atoms with van der Waals surface area (Å²) in [5, 5.41) is 10.8. The predicted octanol–water partition coefficient (Wildman–Crippen LogP) is 1.79. The molecule has 216 valence electrons. The van der Waals surface area contributed by atoms with Gasteiger partial charge in [-0.1, -0.05) is 36.4 Å². The number of benzene rings is 1. The summed E-state index contributed by atoms with van der Waals surface area (Å²) in [7, 11) is 0. The van der Waals surface area contributed by atoms with E-state index in [0.29, 0.717) is 38.6 Å². The third-order valence-corrected chi connectivity index (χ3v) is 7.29. The molecule has 0 saturated carbocycles. The van der Waals surface area contributed by atoms with E-state index in [1.165, 1.54) is 11.0 Å². The minimum atomic E-state index is -1.05. The summed E-state index contributed by atoms with van der Waals surface area (Å²) in [5.74, 6) is -2.56. The Morgan fingerprint density at radius 3 is 2.27 bits per heavy atom. The average molecular weight is 552 g/mol. The van der Waals surface area contributed by atoms with Gasteiger partial charge in [-0.05, 0) is 69.4 Å². The average Bonchev–Trinajstić information content (AvgIpc) is 3.59. The summed E-state index contributed by atoms with van der Waals surface area (Å²) in [5.41, 5.74) is 2.29. The molecule has 10 heteroatoms. The van der Waals surface area contributed by atoms with Crippen LogP contribution in [0, 0.1) is 5.92 Å². The van der Waals surface area contributed by atoms with Gasteiger partial charge in [0.15, 0.2) is 0 Å². The van der Waals surface area contributed by atoms with E-state index in [-0.39, 0.29) is 30.8 Å². The molecular formula is C30H41N5O5. The molecule has 1 saturated heterocycles. The number of carbonyl (C=O) groups excluding carboxylic acids is 5. The van der Waals surface area contributed by atoms with Crippen LogP contribution in [0.15, 0.2) is 49.6 Å². The summed E-state index contributed by atoms with van der Waals surface area (Å²) < 4.78 is 0. The lowest BCUT2D eigenvalue weighted by atomic mass is 9.94. The first-order valence-corrected chi connectivity index (χ1v) is 13.9. The minimum absolute atomic E-state index is 0.115. The number of hydrogen-bond acceptors (Lipinski definition) is 5. The Bertz CT molecular complexity index is 1110. The molecule has 1 aliphatic carbocycles. The fraction of sp³-hybridized carbons (Fsp3) is 0.500. The molecule has 0 spiro atoms. The number of allylic oxidation sites excluding steroid dienone is 1. The van der Waals surface area contributed by atoms with Gasteiger partial charge in [-0.2, -0.15) is 0 Å². The number of fused-ring (bicyclic) bond motifs is 1. The Labute approximate surface area is 236 Å². The number of ketones is 1. The van der Waals surface area contributed by atoms with Gasteiger partial charge in [0.2, 0.25) is 17.6 Å². The molecule has 1 aromatic carbocycles. The second-order valence-corrected chi connectivity index (χ2v) is 10.7. The van der Waals surface area contributed by atoms with Crippen molar-refractivity contribution in [2.75, 3.05) is 13.1 Å². The number of nitrogens with zero attached hydrogens (tertiary/aromatic N) is 1. The van der Waals surface area contributed by atoms with Crippen molar-refractivity contribution in [1.82, 2.24) is 26.2 Å². The van der Waals surface area contributed by atoms with Crippen molar-refractivity contribution in [3.63, 3.8) is 0 Å². The van der Waals surface area contributed by atoms with Crippen molar-refractivity contribution in [1.29, 1.82) is 0 Å². The monoisotopic (exact) mass is 551 g/mol. The Morgan fingerprint density at radius 2 is 1.68 bits per heavy atom. The van der Waals surface area contributed by atoms with Gasteiger partial charge in [0.1, 0.15) is 12.1 Å². The third-order valence-electron chi connectivity index (χ3n) is 7.29. The molecule has 1 unspecified atom stereocenters. The van der Waals surface area contributed by atoms with Crippen LogP contribution in [0.5, 0.6) is 0 Å². The van der Waals surface area contributed by atoms with Gasteiger partial charge >= 0.3 is 6.03 Å². The maximum Gasteiger partial charge on any atom is 0.315 e. The highest BCUT2D eigenvalue weighted by atomic mass is 16.2. The lowest BCUT2D eigenvalue weighted by Gasteiger charge is -2.32. The van der Waals surface area contributed by atoms with Crippen LogP contribution in [0.4, 0.5) is 4.79 Å². The summed E-state index contributed by atoms with van der Waals surface area (Å²) in [6.07, 6.45) is 5.97. The van der Waals surface area contributed by atoms with E-state index in [1.54, 1.807) is 6.08 Å². The Kier molecular flexibility index (Phi) is 11.0. The lowest BCUT2D eigenvalue weighted by Crippen LogP contribution is -2.59. The van der Waals surface area contributed by atoms with Gasteiger partial charge in [0.25, 0.3) is 5.91 Å². The number of likely N-dealkylation sites (tertiary alicyclic amines) is 1. The molecule has 1 aliphatic heterocycles. The number of carbonyl (C=O) groups is 5. The van der Waals surface area contributed by atoms with E-state index >= 15 is 0 Å². The third kappa shape index (κ3) is 7.80. The number of Topliss-reactive ketones (excluding diaryl/α,β-unsaturated/α-hetero) is 1. The molecule has 5 amide bonds. The zero-order chi connectivity index (χ0) is 29.2. The number of hydrogen-bond donors (Lipinski definition) is 4. The van der Waals surface area contributed by atoms with Crippen LogP contribution >= 0.6 is 0 Å². The number of nitrogens with one attached hydrogen (secondary N) is 4. The zero-order valence-electron chi connectivity index (χ0n) is 23.4. The van der Waals surface area contributed by atoms with Crippen LogP contribution in [-0.4, -0.2) is 71.7 Å². The normalized spacial score (nSPS) is 17.9. The van der Waals surface area contributed by atoms with Gasteiger partial charge in [-0.25, -0.2) is 4.79 Å². The maximum absolute atomic E-state index is 14.0. The lowest BCUT2D eigenvalue weighted by molar-refractivity contribution is -0.143. The molecule has 3 atom stereocenters. The van der Waals surface area contributed by atoms with E-state index < -0.39 is 41.8 Å². The second-order valence-electron chi connectivity index (χ2n) is 10.7. The van der Waals surface area contributed by atoms with Crippen molar-refractivity contribution in [2.45, 2.75) is 76.5 Å². The van der Waals surface area contributed by atoms with Crippen LogP contribution in [0.3, 0.4) is 0 Å². The summed E-state index contributed by atoms with van der Waals surface area (Å²) in [4.78, 5) is 66.7. The fourth-order valence-electron chi connectivity index (χ4n) is 5.37. The summed E-state index contributed by atoms with van der Waals surface area (Å²) in [6, 6.07) is 4.72. The first kappa shape index (κ1) is 30.6. The Morgan fingerprint density at radius 1 is 1.00 bits per heavy atom. The van der Waals surface area contributed by atoms with Gasteiger partial charge in [-0.3, -0.25) is 19.2 Å². The molecule has 0 radical (unpaired) electrons. The standard InChI is InChI=1S/C30H41N5O5/c1-5-7-13-23(26(36)28(38)31-15-6-2)33-27(37)24-14-10-16-35(24)29(39)25(34-30(40)32-19(3)4)22-17-20-11-8-9-12-21(20)18-22/h5-6,8-9,11-12,19,22-25H,1-2,7,10,13-18H2,3-4H3,(H,31,38)(H,33,37)(H2,32,34,40)/t23?,24-,25-/m0/s1. The highest BCUT2D eigenvalue weighted by Gasteiger charge is 2.42. The quantitative estimate of drug-likeness (QED) is 0.219. The molecule has 40 heavy (non-hydrogen) atoms. The van der Waals surface area contributed by atoms with Crippen molar-refractivity contribution in [2.24, 2.45) is 5.92 Å². The highest BCUT2D eigenvalue weighted by Crippen LogP contribution is 2.31. The fourth-order valence-corrected chi connectivity index (χ4v) is 5.37. The summed E-state index contributed by atoms with van der Waals surface area (Å²) >= 11 is 0. The summed E-state index contributed by atoms with van der Waals surface area (Å²) in [6.45, 7) is 11.3. The minimum Gasteiger partial charge on any atom is -0.346 e. The van der Waals surface area contributed by atoms with E-state index in [0.717, 1.165) is 11.1 Å². The van der Waals surface area contributed by atoms with Crippen molar-refractivity contribution in [3.05, 3.63) is 60.7 Å². The van der Waals surface area contributed by atoms with E-state index in [9.17, 15) is 24.0 Å². The molecule has 3 rings (SSSR count). The molecule has 0 bridgehead atoms. The van der Waals surface area contributed by atoms with Gasteiger partial charge in [0.05, 0.1) is 6.04 Å². The smallest absolute Gasteiger partial charge is 0.315 e. The topological polar surface area (TPSA) is 137 Å².